The van der Waals surface area contributed by atoms with E-state index in [4.69, 9.17) is 16.3 Å². The maximum absolute atomic E-state index is 12.4. The number of halogens is 1. The smallest absolute Gasteiger partial charge is 0.281 e. The SMILES string of the molecule is CN(C)S(=O)(=O)N1CCOC2(CCN(Cc3ccccc3Cl)CC2)C1. The van der Waals surface area contributed by atoms with Gasteiger partial charge in [-0.15, -0.1) is 0 Å². The second kappa shape index (κ2) is 7.50. The van der Waals surface area contributed by atoms with Crippen molar-refractivity contribution in [1.29, 1.82) is 0 Å². The molecule has 8 heteroatoms. The number of rotatable bonds is 4. The molecule has 2 aliphatic heterocycles. The molecule has 3 rings (SSSR count). The largest absolute Gasteiger partial charge is 0.372 e. The molecule has 2 saturated heterocycles. The van der Waals surface area contributed by atoms with Crippen LogP contribution in [0.4, 0.5) is 0 Å². The molecule has 0 aliphatic carbocycles. The molecule has 0 saturated carbocycles. The average molecular weight is 388 g/mol. The van der Waals surface area contributed by atoms with Gasteiger partial charge in [0.15, 0.2) is 0 Å². The van der Waals surface area contributed by atoms with Gasteiger partial charge < -0.3 is 4.74 Å². The minimum atomic E-state index is -3.39. The third-order valence-electron chi connectivity index (χ3n) is 5.12. The molecule has 0 bridgehead atoms. The number of nitrogens with zero attached hydrogens (tertiary/aromatic N) is 3. The molecule has 1 aromatic carbocycles. The number of likely N-dealkylation sites (tertiary alicyclic amines) is 1. The van der Waals surface area contributed by atoms with E-state index in [1.807, 2.05) is 18.2 Å². The van der Waals surface area contributed by atoms with Gasteiger partial charge in [-0.2, -0.15) is 17.0 Å². The lowest BCUT2D eigenvalue weighted by atomic mass is 9.90. The quantitative estimate of drug-likeness (QED) is 0.790. The van der Waals surface area contributed by atoms with Gasteiger partial charge in [0.05, 0.1) is 12.2 Å². The van der Waals surface area contributed by atoms with Crippen LogP contribution in [-0.2, 0) is 21.5 Å². The topological polar surface area (TPSA) is 53.1 Å². The van der Waals surface area contributed by atoms with E-state index in [0.717, 1.165) is 43.1 Å². The predicted molar refractivity (Wildman–Crippen MR) is 98.8 cm³/mol. The maximum atomic E-state index is 12.4. The van der Waals surface area contributed by atoms with E-state index < -0.39 is 10.2 Å². The van der Waals surface area contributed by atoms with Gasteiger partial charge in [-0.25, -0.2) is 0 Å². The molecule has 2 heterocycles. The lowest BCUT2D eigenvalue weighted by molar-refractivity contribution is -0.120. The van der Waals surface area contributed by atoms with Crippen LogP contribution < -0.4 is 0 Å². The van der Waals surface area contributed by atoms with Crippen LogP contribution in [-0.4, -0.2) is 74.4 Å². The van der Waals surface area contributed by atoms with Crippen LogP contribution in [0.25, 0.3) is 0 Å². The molecule has 0 aromatic heterocycles. The van der Waals surface area contributed by atoms with Crippen LogP contribution in [0.1, 0.15) is 18.4 Å². The Hall–Kier alpha value is -0.700. The van der Waals surface area contributed by atoms with Crippen molar-refractivity contribution >= 4 is 21.8 Å². The lowest BCUT2D eigenvalue weighted by Crippen LogP contribution is -2.59. The van der Waals surface area contributed by atoms with Gasteiger partial charge in [0.2, 0.25) is 0 Å². The number of piperidine rings is 1. The molecule has 0 unspecified atom stereocenters. The Kier molecular flexibility index (Phi) is 5.72. The normalized spacial score (nSPS) is 22.6. The first-order valence-corrected chi connectivity index (χ1v) is 10.4. The highest BCUT2D eigenvalue weighted by atomic mass is 35.5. The monoisotopic (exact) mass is 387 g/mol. The number of morpholine rings is 1. The van der Waals surface area contributed by atoms with E-state index in [0.29, 0.717) is 19.7 Å². The molecule has 1 aromatic rings. The minimum Gasteiger partial charge on any atom is -0.372 e. The number of hydrogen-bond donors (Lipinski definition) is 0. The second-order valence-corrected chi connectivity index (χ2v) is 9.57. The van der Waals surface area contributed by atoms with Crippen molar-refractivity contribution in [1.82, 2.24) is 13.5 Å². The van der Waals surface area contributed by atoms with Crippen molar-refractivity contribution in [3.8, 4) is 0 Å². The summed E-state index contributed by atoms with van der Waals surface area (Å²) >= 11 is 6.26. The molecule has 6 nitrogen and oxygen atoms in total. The fourth-order valence-corrected chi connectivity index (χ4v) is 4.89. The van der Waals surface area contributed by atoms with Gasteiger partial charge in [0, 0.05) is 51.8 Å². The van der Waals surface area contributed by atoms with Crippen LogP contribution in [0.3, 0.4) is 0 Å². The molecular formula is C17H26ClN3O3S. The highest BCUT2D eigenvalue weighted by Crippen LogP contribution is 2.32. The van der Waals surface area contributed by atoms with Crippen molar-refractivity contribution in [2.45, 2.75) is 25.0 Å². The third-order valence-corrected chi connectivity index (χ3v) is 7.38. The molecule has 2 aliphatic rings. The van der Waals surface area contributed by atoms with Crippen LogP contribution in [0, 0.1) is 0 Å². The Labute approximate surface area is 155 Å². The molecule has 1 spiro atoms. The highest BCUT2D eigenvalue weighted by Gasteiger charge is 2.43. The Morgan fingerprint density at radius 1 is 1.20 bits per heavy atom. The predicted octanol–water partition coefficient (Wildman–Crippen LogP) is 1.81. The Morgan fingerprint density at radius 2 is 1.88 bits per heavy atom. The van der Waals surface area contributed by atoms with E-state index in [2.05, 4.69) is 11.0 Å². The summed E-state index contributed by atoms with van der Waals surface area (Å²) in [5, 5.41) is 0.792. The first-order valence-electron chi connectivity index (χ1n) is 8.60. The lowest BCUT2D eigenvalue weighted by Gasteiger charge is -2.47. The third kappa shape index (κ3) is 4.18. The molecule has 0 radical (unpaired) electrons. The summed E-state index contributed by atoms with van der Waals surface area (Å²) in [6.07, 6.45) is 1.66. The van der Waals surface area contributed by atoms with Gasteiger partial charge in [0.25, 0.3) is 10.2 Å². The van der Waals surface area contributed by atoms with Crippen molar-refractivity contribution in [2.75, 3.05) is 46.9 Å². The van der Waals surface area contributed by atoms with E-state index in [1.54, 1.807) is 18.4 Å². The van der Waals surface area contributed by atoms with Crippen LogP contribution in [0.5, 0.6) is 0 Å². The van der Waals surface area contributed by atoms with Crippen molar-refractivity contribution in [3.05, 3.63) is 34.9 Å². The molecule has 25 heavy (non-hydrogen) atoms. The second-order valence-electron chi connectivity index (χ2n) is 7.02. The van der Waals surface area contributed by atoms with E-state index in [-0.39, 0.29) is 5.60 Å². The van der Waals surface area contributed by atoms with Gasteiger partial charge in [-0.3, -0.25) is 4.90 Å². The number of ether oxygens (including phenoxy) is 1. The summed E-state index contributed by atoms with van der Waals surface area (Å²) in [7, 11) is -0.241. The van der Waals surface area contributed by atoms with Crippen LogP contribution in [0.15, 0.2) is 24.3 Å². The summed E-state index contributed by atoms with van der Waals surface area (Å²) in [5.74, 6) is 0. The summed E-state index contributed by atoms with van der Waals surface area (Å²) < 4.78 is 33.7. The molecule has 2 fully saturated rings. The maximum Gasteiger partial charge on any atom is 0.281 e. The van der Waals surface area contributed by atoms with E-state index in [9.17, 15) is 8.42 Å². The van der Waals surface area contributed by atoms with Crippen LogP contribution in [0.2, 0.25) is 5.02 Å². The van der Waals surface area contributed by atoms with Crippen molar-refractivity contribution in [3.63, 3.8) is 0 Å². The van der Waals surface area contributed by atoms with E-state index >= 15 is 0 Å². The van der Waals surface area contributed by atoms with E-state index in [1.165, 1.54) is 4.31 Å². The van der Waals surface area contributed by atoms with Crippen LogP contribution >= 0.6 is 11.6 Å². The van der Waals surface area contributed by atoms with Crippen molar-refractivity contribution < 1.29 is 13.2 Å². The average Bonchev–Trinajstić information content (AvgIpc) is 2.59. The summed E-state index contributed by atoms with van der Waals surface area (Å²) in [4.78, 5) is 2.36. The Balaban J connectivity index is 1.62. The zero-order valence-electron chi connectivity index (χ0n) is 14.8. The zero-order valence-corrected chi connectivity index (χ0v) is 16.4. The molecule has 0 amide bonds. The fourth-order valence-electron chi connectivity index (χ4n) is 3.53. The van der Waals surface area contributed by atoms with Gasteiger partial charge in [0.1, 0.15) is 0 Å². The highest BCUT2D eigenvalue weighted by molar-refractivity contribution is 7.86. The summed E-state index contributed by atoms with van der Waals surface area (Å²) in [6, 6.07) is 7.90. The first kappa shape index (κ1) is 19.1. The summed E-state index contributed by atoms with van der Waals surface area (Å²) in [5.41, 5.74) is 0.764. The van der Waals surface area contributed by atoms with Gasteiger partial charge >= 0.3 is 0 Å². The standard InChI is InChI=1S/C17H26ClN3O3S/c1-19(2)25(22,23)21-11-12-24-17(14-21)7-9-20(10-8-17)13-15-5-3-4-6-16(15)18/h3-6H,7-14H2,1-2H3. The molecular weight excluding hydrogens is 362 g/mol. The number of benzene rings is 1. The Bertz CT molecular complexity index is 703. The van der Waals surface area contributed by atoms with Crippen molar-refractivity contribution in [2.24, 2.45) is 0 Å². The Morgan fingerprint density at radius 3 is 2.52 bits per heavy atom. The number of hydrogen-bond acceptors (Lipinski definition) is 4. The molecule has 140 valence electrons. The fraction of sp³-hybridized carbons (Fsp3) is 0.647. The zero-order chi connectivity index (χ0) is 18.1. The minimum absolute atomic E-state index is 0.363. The first-order chi connectivity index (χ1) is 11.8. The summed E-state index contributed by atoms with van der Waals surface area (Å²) in [6.45, 7) is 3.88. The van der Waals surface area contributed by atoms with Gasteiger partial charge in [-0.05, 0) is 24.5 Å². The van der Waals surface area contributed by atoms with Gasteiger partial charge in [-0.1, -0.05) is 29.8 Å². The molecule has 0 N–H and O–H groups in total. The molecule has 0 atom stereocenters.